The van der Waals surface area contributed by atoms with Crippen LogP contribution >= 0.6 is 0 Å². The van der Waals surface area contributed by atoms with E-state index in [1.807, 2.05) is 0 Å². The summed E-state index contributed by atoms with van der Waals surface area (Å²) in [6.07, 6.45) is 1.22. The zero-order valence-electron chi connectivity index (χ0n) is 9.17. The molecule has 2 N–H and O–H groups in total. The second-order valence-electron chi connectivity index (χ2n) is 3.14. The van der Waals surface area contributed by atoms with Crippen LogP contribution in [0.5, 0.6) is 0 Å². The number of carbonyl (C=O) groups is 1. The number of rotatable bonds is 8. The SMILES string of the molecule is CN(CCC(=O)O)S(=O)(=O)NCCS(C)=O. The fourth-order valence-corrected chi connectivity index (χ4v) is 2.23. The highest BCUT2D eigenvalue weighted by Gasteiger charge is 2.17. The summed E-state index contributed by atoms with van der Waals surface area (Å²) in [7, 11) is -3.44. The van der Waals surface area contributed by atoms with Crippen LogP contribution in [0.4, 0.5) is 0 Å². The van der Waals surface area contributed by atoms with E-state index in [0.717, 1.165) is 4.31 Å². The third-order valence-corrected chi connectivity index (χ3v) is 4.08. The fourth-order valence-electron chi connectivity index (χ4n) is 0.798. The first-order valence-electron chi connectivity index (χ1n) is 4.48. The van der Waals surface area contributed by atoms with E-state index in [-0.39, 0.29) is 25.3 Å². The maximum atomic E-state index is 11.4. The number of nitrogens with zero attached hydrogens (tertiary/aromatic N) is 1. The Balaban J connectivity index is 4.10. The van der Waals surface area contributed by atoms with E-state index in [9.17, 15) is 17.4 Å². The summed E-state index contributed by atoms with van der Waals surface area (Å²) in [5.74, 6) is -0.830. The van der Waals surface area contributed by atoms with E-state index < -0.39 is 27.0 Å². The second kappa shape index (κ2) is 6.94. The molecule has 1 atom stereocenters. The van der Waals surface area contributed by atoms with E-state index in [2.05, 4.69) is 4.72 Å². The number of carboxylic acid groups (broad SMARTS) is 1. The van der Waals surface area contributed by atoms with Crippen molar-refractivity contribution >= 4 is 27.0 Å². The van der Waals surface area contributed by atoms with Gasteiger partial charge in [-0.2, -0.15) is 12.7 Å². The molecule has 1 unspecified atom stereocenters. The summed E-state index contributed by atoms with van der Waals surface area (Å²) in [5.41, 5.74) is 0. The van der Waals surface area contributed by atoms with E-state index in [1.54, 1.807) is 0 Å². The van der Waals surface area contributed by atoms with Crippen molar-refractivity contribution in [3.8, 4) is 0 Å². The largest absolute Gasteiger partial charge is 0.481 e. The van der Waals surface area contributed by atoms with Gasteiger partial charge in [0.1, 0.15) is 0 Å². The molecule has 96 valence electrons. The van der Waals surface area contributed by atoms with E-state index in [4.69, 9.17) is 5.11 Å². The van der Waals surface area contributed by atoms with Crippen LogP contribution in [-0.2, 0) is 25.8 Å². The van der Waals surface area contributed by atoms with Gasteiger partial charge >= 0.3 is 5.97 Å². The monoisotopic (exact) mass is 272 g/mol. The Bertz CT molecular complexity index is 354. The minimum atomic E-state index is -3.67. The summed E-state index contributed by atoms with van der Waals surface area (Å²) >= 11 is 0. The van der Waals surface area contributed by atoms with Crippen molar-refractivity contribution in [1.29, 1.82) is 0 Å². The van der Waals surface area contributed by atoms with Crippen molar-refractivity contribution in [2.45, 2.75) is 6.42 Å². The van der Waals surface area contributed by atoms with E-state index in [0.29, 0.717) is 0 Å². The quantitative estimate of drug-likeness (QED) is 0.566. The Morgan fingerprint density at radius 1 is 1.50 bits per heavy atom. The lowest BCUT2D eigenvalue weighted by molar-refractivity contribution is -0.137. The first-order chi connectivity index (χ1) is 7.25. The summed E-state index contributed by atoms with van der Waals surface area (Å²) < 4.78 is 36.7. The summed E-state index contributed by atoms with van der Waals surface area (Å²) in [6, 6.07) is 0. The smallest absolute Gasteiger partial charge is 0.304 e. The molecular formula is C7H16N2O5S2. The van der Waals surface area contributed by atoms with Crippen LogP contribution in [0, 0.1) is 0 Å². The topological polar surface area (TPSA) is 104 Å². The average Bonchev–Trinajstić information content (AvgIpc) is 2.12. The third kappa shape index (κ3) is 6.88. The van der Waals surface area contributed by atoms with Gasteiger partial charge in [0.15, 0.2) is 0 Å². The lowest BCUT2D eigenvalue weighted by atomic mass is 10.4. The number of hydrogen-bond donors (Lipinski definition) is 2. The van der Waals surface area contributed by atoms with Crippen LogP contribution in [0.3, 0.4) is 0 Å². The Morgan fingerprint density at radius 3 is 2.50 bits per heavy atom. The molecule has 0 aliphatic carbocycles. The van der Waals surface area contributed by atoms with Crippen LogP contribution in [0.25, 0.3) is 0 Å². The lowest BCUT2D eigenvalue weighted by Gasteiger charge is -2.16. The highest BCUT2D eigenvalue weighted by molar-refractivity contribution is 7.87. The van der Waals surface area contributed by atoms with Crippen LogP contribution in [0.1, 0.15) is 6.42 Å². The molecule has 0 aliphatic rings. The minimum Gasteiger partial charge on any atom is -0.481 e. The van der Waals surface area contributed by atoms with Gasteiger partial charge in [0.05, 0.1) is 6.42 Å². The minimum absolute atomic E-state index is 0.0723. The van der Waals surface area contributed by atoms with Crippen molar-refractivity contribution in [3.05, 3.63) is 0 Å². The Hall–Kier alpha value is -0.510. The molecule has 16 heavy (non-hydrogen) atoms. The van der Waals surface area contributed by atoms with E-state index >= 15 is 0 Å². The maximum Gasteiger partial charge on any atom is 0.304 e. The molecule has 0 saturated carbocycles. The highest BCUT2D eigenvalue weighted by Crippen LogP contribution is 1.95. The molecule has 0 bridgehead atoms. The zero-order valence-corrected chi connectivity index (χ0v) is 10.8. The van der Waals surface area contributed by atoms with Gasteiger partial charge in [0.25, 0.3) is 10.2 Å². The number of nitrogens with one attached hydrogen (secondary N) is 1. The van der Waals surface area contributed by atoms with Gasteiger partial charge in [0, 0.05) is 42.9 Å². The summed E-state index contributed by atoms with van der Waals surface area (Å²) in [6.45, 7) is -0.0251. The molecule has 0 heterocycles. The molecule has 0 aromatic rings. The number of carboxylic acids is 1. The van der Waals surface area contributed by atoms with Crippen LogP contribution < -0.4 is 4.72 Å². The average molecular weight is 272 g/mol. The standard InChI is InChI=1S/C7H16N2O5S2/c1-9(5-3-7(10)11)16(13,14)8-4-6-15(2)12/h8H,3-6H2,1-2H3,(H,10,11). The molecular weight excluding hydrogens is 256 g/mol. The zero-order chi connectivity index (χ0) is 12.8. The number of hydrogen-bond acceptors (Lipinski definition) is 4. The lowest BCUT2D eigenvalue weighted by Crippen LogP contribution is -2.40. The molecule has 9 heteroatoms. The molecule has 0 aromatic heterocycles. The highest BCUT2D eigenvalue weighted by atomic mass is 32.2. The second-order valence-corrected chi connectivity index (χ2v) is 6.56. The van der Waals surface area contributed by atoms with Crippen molar-refractivity contribution < 1.29 is 22.5 Å². The van der Waals surface area contributed by atoms with Gasteiger partial charge in [-0.05, 0) is 0 Å². The van der Waals surface area contributed by atoms with Crippen LogP contribution in [-0.4, -0.2) is 60.2 Å². The predicted molar refractivity (Wildman–Crippen MR) is 60.7 cm³/mol. The van der Waals surface area contributed by atoms with Gasteiger partial charge in [-0.3, -0.25) is 9.00 Å². The van der Waals surface area contributed by atoms with Crippen molar-refractivity contribution in [3.63, 3.8) is 0 Å². The molecule has 0 saturated heterocycles. The molecule has 0 aliphatic heterocycles. The van der Waals surface area contributed by atoms with Crippen LogP contribution in [0.15, 0.2) is 0 Å². The van der Waals surface area contributed by atoms with Gasteiger partial charge < -0.3 is 5.11 Å². The first-order valence-corrected chi connectivity index (χ1v) is 7.65. The van der Waals surface area contributed by atoms with Crippen LogP contribution in [0.2, 0.25) is 0 Å². The maximum absolute atomic E-state index is 11.4. The van der Waals surface area contributed by atoms with Crippen molar-refractivity contribution in [2.75, 3.05) is 32.1 Å². The molecule has 0 rings (SSSR count). The Kier molecular flexibility index (Phi) is 6.72. The van der Waals surface area contributed by atoms with Gasteiger partial charge in [-0.15, -0.1) is 0 Å². The molecule has 7 nitrogen and oxygen atoms in total. The Morgan fingerprint density at radius 2 is 2.06 bits per heavy atom. The molecule has 0 spiro atoms. The van der Waals surface area contributed by atoms with Gasteiger partial charge in [-0.25, -0.2) is 4.72 Å². The number of aliphatic carboxylic acids is 1. The third-order valence-electron chi connectivity index (χ3n) is 1.72. The fraction of sp³-hybridized carbons (Fsp3) is 0.857. The van der Waals surface area contributed by atoms with Crippen molar-refractivity contribution in [2.24, 2.45) is 0 Å². The van der Waals surface area contributed by atoms with E-state index in [1.165, 1.54) is 13.3 Å². The molecule has 0 aromatic carbocycles. The molecule has 0 amide bonds. The molecule has 0 radical (unpaired) electrons. The first kappa shape index (κ1) is 15.5. The predicted octanol–water partition coefficient (Wildman–Crippen LogP) is -1.39. The van der Waals surface area contributed by atoms with Gasteiger partial charge in [-0.1, -0.05) is 0 Å². The Labute approximate surface area is 97.5 Å². The summed E-state index contributed by atoms with van der Waals surface area (Å²) in [4.78, 5) is 10.3. The molecule has 0 fully saturated rings. The summed E-state index contributed by atoms with van der Waals surface area (Å²) in [5, 5.41) is 8.39. The normalized spacial score (nSPS) is 13.9. The van der Waals surface area contributed by atoms with Crippen molar-refractivity contribution in [1.82, 2.24) is 9.03 Å². The van der Waals surface area contributed by atoms with Gasteiger partial charge in [0.2, 0.25) is 0 Å².